The number of aryl methyl sites for hydroxylation is 1. The van der Waals surface area contributed by atoms with E-state index in [2.05, 4.69) is 15.3 Å². The van der Waals surface area contributed by atoms with Crippen LogP contribution in [0.4, 0.5) is 0 Å². The maximum atomic E-state index is 12.6. The molecule has 3 aromatic rings. The van der Waals surface area contributed by atoms with Crippen molar-refractivity contribution >= 4 is 6.21 Å². The van der Waals surface area contributed by atoms with E-state index in [1.807, 2.05) is 60.7 Å². The maximum Gasteiger partial charge on any atom is 0.301 e. The third kappa shape index (κ3) is 2.83. The average Bonchev–Trinajstić information content (AvgIpc) is 2.56. The highest BCUT2D eigenvalue weighted by molar-refractivity contribution is 5.79. The monoisotopic (exact) mass is 290 g/mol. The maximum absolute atomic E-state index is 12.6. The summed E-state index contributed by atoms with van der Waals surface area (Å²) in [6.45, 7) is 1.70. The SMILES string of the molecule is Cc1nnc(-c2ccccc2)c(=O)n1N=Cc1ccccc1. The zero-order chi connectivity index (χ0) is 15.4. The third-order valence-corrected chi connectivity index (χ3v) is 3.17. The molecular formula is C17H14N4O. The molecule has 0 aliphatic carbocycles. The molecule has 1 aromatic heterocycles. The van der Waals surface area contributed by atoms with E-state index in [4.69, 9.17) is 0 Å². The number of hydrogen-bond donors (Lipinski definition) is 0. The summed E-state index contributed by atoms with van der Waals surface area (Å²) < 4.78 is 1.27. The predicted octanol–water partition coefficient (Wildman–Crippen LogP) is 2.50. The number of aromatic nitrogens is 3. The lowest BCUT2D eigenvalue weighted by atomic mass is 10.2. The Hall–Kier alpha value is -3.08. The number of nitrogens with zero attached hydrogens (tertiary/aromatic N) is 4. The minimum absolute atomic E-state index is 0.286. The highest BCUT2D eigenvalue weighted by atomic mass is 16.1. The van der Waals surface area contributed by atoms with Crippen molar-refractivity contribution in [3.8, 4) is 11.3 Å². The summed E-state index contributed by atoms with van der Waals surface area (Å²) in [4.78, 5) is 12.6. The summed E-state index contributed by atoms with van der Waals surface area (Å²) in [7, 11) is 0. The molecule has 5 nitrogen and oxygen atoms in total. The summed E-state index contributed by atoms with van der Waals surface area (Å²) in [6, 6.07) is 18.8. The first kappa shape index (κ1) is 13.9. The van der Waals surface area contributed by atoms with E-state index < -0.39 is 0 Å². The van der Waals surface area contributed by atoms with E-state index in [1.165, 1.54) is 4.68 Å². The smallest absolute Gasteiger partial charge is 0.265 e. The second kappa shape index (κ2) is 6.13. The minimum Gasteiger partial charge on any atom is -0.265 e. The summed E-state index contributed by atoms with van der Waals surface area (Å²) in [6.07, 6.45) is 1.63. The van der Waals surface area contributed by atoms with Crippen molar-refractivity contribution < 1.29 is 0 Å². The van der Waals surface area contributed by atoms with Crippen LogP contribution < -0.4 is 5.56 Å². The number of benzene rings is 2. The molecule has 22 heavy (non-hydrogen) atoms. The molecule has 0 aliphatic heterocycles. The summed E-state index contributed by atoms with van der Waals surface area (Å²) >= 11 is 0. The highest BCUT2D eigenvalue weighted by Gasteiger charge is 2.10. The fraction of sp³-hybridized carbons (Fsp3) is 0.0588. The van der Waals surface area contributed by atoms with Gasteiger partial charge in [-0.3, -0.25) is 4.79 Å². The fourth-order valence-electron chi connectivity index (χ4n) is 2.03. The van der Waals surface area contributed by atoms with Crippen molar-refractivity contribution in [2.24, 2.45) is 5.10 Å². The summed E-state index contributed by atoms with van der Waals surface area (Å²) in [5.41, 5.74) is 1.64. The van der Waals surface area contributed by atoms with Crippen LogP contribution in [-0.4, -0.2) is 21.1 Å². The largest absolute Gasteiger partial charge is 0.301 e. The first-order chi connectivity index (χ1) is 10.8. The van der Waals surface area contributed by atoms with Crippen molar-refractivity contribution in [3.05, 3.63) is 82.4 Å². The van der Waals surface area contributed by atoms with Crippen LogP contribution in [0.2, 0.25) is 0 Å². The Kier molecular flexibility index (Phi) is 3.87. The lowest BCUT2D eigenvalue weighted by Gasteiger charge is -2.04. The fourth-order valence-corrected chi connectivity index (χ4v) is 2.03. The molecule has 0 unspecified atom stereocenters. The molecule has 1 heterocycles. The highest BCUT2D eigenvalue weighted by Crippen LogP contribution is 2.11. The van der Waals surface area contributed by atoms with Gasteiger partial charge in [-0.05, 0) is 12.5 Å². The molecule has 0 saturated heterocycles. The molecule has 0 spiro atoms. The summed E-state index contributed by atoms with van der Waals surface area (Å²) in [5.74, 6) is 0.442. The Morgan fingerprint density at radius 2 is 1.59 bits per heavy atom. The Morgan fingerprint density at radius 1 is 0.955 bits per heavy atom. The van der Waals surface area contributed by atoms with Gasteiger partial charge in [-0.25, -0.2) is 0 Å². The molecule has 0 N–H and O–H groups in total. The van der Waals surface area contributed by atoms with Crippen LogP contribution in [0.5, 0.6) is 0 Å². The summed E-state index contributed by atoms with van der Waals surface area (Å²) in [5, 5.41) is 12.3. The van der Waals surface area contributed by atoms with Crippen LogP contribution in [0.15, 0.2) is 70.6 Å². The first-order valence-corrected chi connectivity index (χ1v) is 6.87. The second-order valence-electron chi connectivity index (χ2n) is 4.73. The molecule has 108 valence electrons. The van der Waals surface area contributed by atoms with Gasteiger partial charge in [0.15, 0.2) is 11.5 Å². The molecular weight excluding hydrogens is 276 g/mol. The van der Waals surface area contributed by atoms with Crippen LogP contribution in [-0.2, 0) is 0 Å². The second-order valence-corrected chi connectivity index (χ2v) is 4.73. The zero-order valence-electron chi connectivity index (χ0n) is 12.0. The van der Waals surface area contributed by atoms with Crippen LogP contribution >= 0.6 is 0 Å². The molecule has 0 aliphatic rings. The molecule has 0 amide bonds. The van der Waals surface area contributed by atoms with Crippen molar-refractivity contribution in [1.29, 1.82) is 0 Å². The van der Waals surface area contributed by atoms with Crippen molar-refractivity contribution in [1.82, 2.24) is 14.9 Å². The quantitative estimate of drug-likeness (QED) is 0.696. The Labute approximate surface area is 127 Å². The van der Waals surface area contributed by atoms with Gasteiger partial charge < -0.3 is 0 Å². The molecule has 0 bridgehead atoms. The lowest BCUT2D eigenvalue weighted by Crippen LogP contribution is -2.23. The molecule has 3 rings (SSSR count). The topological polar surface area (TPSA) is 60.1 Å². The number of rotatable bonds is 3. The average molecular weight is 290 g/mol. The Morgan fingerprint density at radius 3 is 2.27 bits per heavy atom. The molecule has 0 radical (unpaired) electrons. The van der Waals surface area contributed by atoms with Crippen molar-refractivity contribution in [2.45, 2.75) is 6.92 Å². The van der Waals surface area contributed by atoms with Gasteiger partial charge in [0.2, 0.25) is 0 Å². The van der Waals surface area contributed by atoms with E-state index in [1.54, 1.807) is 13.1 Å². The minimum atomic E-state index is -0.286. The van der Waals surface area contributed by atoms with E-state index in [9.17, 15) is 4.79 Å². The standard InChI is InChI=1S/C17H14N4O/c1-13-19-20-16(15-10-6-3-7-11-15)17(22)21(13)18-12-14-8-4-2-5-9-14/h2-12H,1H3. The zero-order valence-corrected chi connectivity index (χ0v) is 12.0. The van der Waals surface area contributed by atoms with E-state index in [0.29, 0.717) is 5.82 Å². The van der Waals surface area contributed by atoms with Gasteiger partial charge in [0, 0.05) is 5.56 Å². The van der Waals surface area contributed by atoms with E-state index in [0.717, 1.165) is 11.1 Å². The molecule has 0 atom stereocenters. The van der Waals surface area contributed by atoms with Gasteiger partial charge in [-0.15, -0.1) is 10.2 Å². The number of hydrogen-bond acceptors (Lipinski definition) is 4. The molecule has 0 saturated carbocycles. The molecule has 0 fully saturated rings. The van der Waals surface area contributed by atoms with Crippen LogP contribution in [0.3, 0.4) is 0 Å². The van der Waals surface area contributed by atoms with Crippen molar-refractivity contribution in [2.75, 3.05) is 0 Å². The van der Waals surface area contributed by atoms with Crippen LogP contribution in [0.25, 0.3) is 11.3 Å². The van der Waals surface area contributed by atoms with E-state index >= 15 is 0 Å². The normalized spacial score (nSPS) is 11.0. The Bertz CT molecular complexity index is 855. The van der Waals surface area contributed by atoms with Crippen LogP contribution in [0.1, 0.15) is 11.4 Å². The molecule has 2 aromatic carbocycles. The van der Waals surface area contributed by atoms with Gasteiger partial charge in [-0.2, -0.15) is 9.78 Å². The van der Waals surface area contributed by atoms with Crippen molar-refractivity contribution in [3.63, 3.8) is 0 Å². The Balaban J connectivity index is 2.05. The van der Waals surface area contributed by atoms with Gasteiger partial charge >= 0.3 is 5.56 Å². The van der Waals surface area contributed by atoms with Gasteiger partial charge in [0.05, 0.1) is 6.21 Å². The third-order valence-electron chi connectivity index (χ3n) is 3.17. The molecule has 5 heteroatoms. The predicted molar refractivity (Wildman–Crippen MR) is 85.9 cm³/mol. The van der Waals surface area contributed by atoms with Gasteiger partial charge in [0.25, 0.3) is 0 Å². The van der Waals surface area contributed by atoms with Gasteiger partial charge in [-0.1, -0.05) is 60.7 Å². The van der Waals surface area contributed by atoms with E-state index in [-0.39, 0.29) is 11.3 Å². The van der Waals surface area contributed by atoms with Gasteiger partial charge in [0.1, 0.15) is 0 Å². The first-order valence-electron chi connectivity index (χ1n) is 6.87. The van der Waals surface area contributed by atoms with Crippen LogP contribution in [0, 0.1) is 6.92 Å². The lowest BCUT2D eigenvalue weighted by molar-refractivity contribution is 0.717.